The summed E-state index contributed by atoms with van der Waals surface area (Å²) < 4.78 is 0. The molecule has 4 saturated carbocycles. The van der Waals surface area contributed by atoms with E-state index in [9.17, 15) is 0 Å². The van der Waals surface area contributed by atoms with Crippen molar-refractivity contribution in [1.29, 1.82) is 0 Å². The van der Waals surface area contributed by atoms with Crippen molar-refractivity contribution < 1.29 is 17.1 Å². The minimum atomic E-state index is -0.719. The number of rotatable bonds is 7. The summed E-state index contributed by atoms with van der Waals surface area (Å²) in [6.45, 7) is 0. The molecule has 4 fully saturated rings. The summed E-state index contributed by atoms with van der Waals surface area (Å²) in [5.74, 6) is 2.99. The first-order valence-electron chi connectivity index (χ1n) is 17.3. The SMILES string of the molecule is PCC1C2CC3CC(C2)CC1(c1c(C(P)(c2cnccn2)c2cnccn2)cc(-c2ccccc2)[c-]1-c1ccccc1)C3.[Fe+2].c1cc[cH-]c1. The van der Waals surface area contributed by atoms with Crippen LogP contribution in [0.5, 0.6) is 0 Å². The first-order valence-corrected chi connectivity index (χ1v) is 18.6. The van der Waals surface area contributed by atoms with E-state index in [4.69, 9.17) is 9.97 Å². The van der Waals surface area contributed by atoms with Gasteiger partial charge in [0.2, 0.25) is 0 Å². The van der Waals surface area contributed by atoms with Crippen LogP contribution in [0.4, 0.5) is 0 Å². The summed E-state index contributed by atoms with van der Waals surface area (Å²) >= 11 is 0. The summed E-state index contributed by atoms with van der Waals surface area (Å²) in [5, 5.41) is -0.719. The zero-order valence-electron chi connectivity index (χ0n) is 27.6. The molecule has 4 nitrogen and oxygen atoms in total. The number of benzene rings is 2. The van der Waals surface area contributed by atoms with Crippen LogP contribution in [0.15, 0.2) is 134 Å². The Morgan fingerprint density at radius 1 is 0.776 bits per heavy atom. The second-order valence-electron chi connectivity index (χ2n) is 14.0. The van der Waals surface area contributed by atoms with Gasteiger partial charge in [-0.3, -0.25) is 19.9 Å². The van der Waals surface area contributed by atoms with Gasteiger partial charge in [0.15, 0.2) is 0 Å². The second kappa shape index (κ2) is 14.5. The summed E-state index contributed by atoms with van der Waals surface area (Å²) in [6, 6.07) is 34.5. The Morgan fingerprint density at radius 3 is 1.88 bits per heavy atom. The van der Waals surface area contributed by atoms with E-state index >= 15 is 0 Å². The second-order valence-corrected chi connectivity index (χ2v) is 15.3. The van der Waals surface area contributed by atoms with Crippen LogP contribution in [0.2, 0.25) is 0 Å². The molecule has 5 unspecified atom stereocenters. The maximum atomic E-state index is 4.96. The Morgan fingerprint density at radius 2 is 1.37 bits per heavy atom. The van der Waals surface area contributed by atoms with E-state index in [-0.39, 0.29) is 22.5 Å². The zero-order valence-corrected chi connectivity index (χ0v) is 31.0. The van der Waals surface area contributed by atoms with Crippen molar-refractivity contribution in [3.8, 4) is 22.3 Å². The molecule has 0 aliphatic heterocycles. The number of hydrogen-bond donors (Lipinski definition) is 0. The molecule has 2 heterocycles. The first kappa shape index (κ1) is 34.1. The van der Waals surface area contributed by atoms with Gasteiger partial charge in [-0.25, -0.2) is 12.1 Å². The number of nitrogens with zero attached hydrogens (tertiary/aromatic N) is 4. The summed E-state index contributed by atoms with van der Waals surface area (Å²) in [7, 11) is 6.39. The van der Waals surface area contributed by atoms with Crippen LogP contribution in [0.1, 0.15) is 54.6 Å². The van der Waals surface area contributed by atoms with Gasteiger partial charge in [0.25, 0.3) is 0 Å². The molecule has 6 aromatic rings. The van der Waals surface area contributed by atoms with Gasteiger partial charge >= 0.3 is 17.1 Å². The Kier molecular flexibility index (Phi) is 10.1. The predicted molar refractivity (Wildman–Crippen MR) is 202 cm³/mol. The molecule has 10 rings (SSSR count). The average molecular weight is 721 g/mol. The van der Waals surface area contributed by atoms with Gasteiger partial charge in [0.05, 0.1) is 16.5 Å². The summed E-state index contributed by atoms with van der Waals surface area (Å²) in [4.78, 5) is 19.1. The normalized spacial score (nSPS) is 23.7. The molecule has 0 saturated heterocycles. The quantitative estimate of drug-likeness (QED) is 0.0938. The van der Waals surface area contributed by atoms with Crippen molar-refractivity contribution in [2.75, 3.05) is 6.16 Å². The van der Waals surface area contributed by atoms with Gasteiger partial charge in [-0.05, 0) is 67.4 Å². The van der Waals surface area contributed by atoms with Gasteiger partial charge in [-0.2, -0.15) is 18.2 Å². The molecule has 4 aliphatic carbocycles. The molecule has 0 spiro atoms. The van der Waals surface area contributed by atoms with E-state index in [0.717, 1.165) is 35.3 Å². The molecule has 4 bridgehead atoms. The topological polar surface area (TPSA) is 51.6 Å². The minimum absolute atomic E-state index is 0. The maximum absolute atomic E-state index is 4.96. The molecular formula is C42H42FeN4P2. The van der Waals surface area contributed by atoms with E-state index < -0.39 is 5.16 Å². The van der Waals surface area contributed by atoms with Crippen LogP contribution in [0.25, 0.3) is 22.3 Å². The molecule has 0 N–H and O–H groups in total. The van der Waals surface area contributed by atoms with Gasteiger partial charge < -0.3 is 0 Å². The van der Waals surface area contributed by atoms with Crippen molar-refractivity contribution in [3.05, 3.63) is 157 Å². The fraction of sp³-hybridized carbons (Fsp3) is 0.286. The Bertz CT molecular complexity index is 1860. The van der Waals surface area contributed by atoms with E-state index in [2.05, 4.69) is 95.2 Å². The van der Waals surface area contributed by atoms with E-state index in [1.165, 1.54) is 65.5 Å². The van der Waals surface area contributed by atoms with Gasteiger partial charge in [0, 0.05) is 37.2 Å². The van der Waals surface area contributed by atoms with Gasteiger partial charge in [0.1, 0.15) is 0 Å². The molecular weight excluding hydrogens is 678 g/mol. The summed E-state index contributed by atoms with van der Waals surface area (Å²) in [6.07, 6.45) is 18.8. The Labute approximate surface area is 305 Å². The van der Waals surface area contributed by atoms with Crippen LogP contribution < -0.4 is 0 Å². The minimum Gasteiger partial charge on any atom is -0.261 e. The Hall–Kier alpha value is -3.32. The maximum Gasteiger partial charge on any atom is 2.00 e. The van der Waals surface area contributed by atoms with Crippen LogP contribution in [-0.2, 0) is 27.6 Å². The van der Waals surface area contributed by atoms with E-state index in [1.807, 2.05) is 42.7 Å². The summed E-state index contributed by atoms with van der Waals surface area (Å²) in [5.41, 5.74) is 9.81. The van der Waals surface area contributed by atoms with Crippen LogP contribution in [0.3, 0.4) is 0 Å². The average Bonchev–Trinajstić information content (AvgIpc) is 3.86. The smallest absolute Gasteiger partial charge is 0.261 e. The van der Waals surface area contributed by atoms with Gasteiger partial charge in [-0.1, -0.05) is 76.3 Å². The third-order valence-corrected chi connectivity index (χ3v) is 12.8. The van der Waals surface area contributed by atoms with Crippen LogP contribution in [-0.4, -0.2) is 26.1 Å². The molecule has 7 heteroatoms. The standard InChI is InChI=1S/C37H37N4P2.C5H5.Fe/c42-23-31-28-16-24-15-25(17-28)20-36(31,19-24)35-30(37(43,32-21-38-11-13-40-32)33-22-39-12-14-41-33)18-29(26-7-3-1-4-8-26)34(35)27-9-5-2-6-10-27;1-2-4-5-3-1;/h1-14,18,21-22,24-25,28,31H,15-17,19-20,23,42-43H2;1-5H;/q2*-1;+2. The molecule has 5 atom stereocenters. The predicted octanol–water partition coefficient (Wildman–Crippen LogP) is 9.46. The molecule has 4 aromatic carbocycles. The van der Waals surface area contributed by atoms with E-state index in [1.54, 1.807) is 24.8 Å². The zero-order chi connectivity index (χ0) is 32.6. The largest absolute Gasteiger partial charge is 2.00 e. The fourth-order valence-electron chi connectivity index (χ4n) is 9.82. The number of hydrogen-bond acceptors (Lipinski definition) is 4. The van der Waals surface area contributed by atoms with Crippen LogP contribution >= 0.6 is 18.5 Å². The monoisotopic (exact) mass is 720 g/mol. The van der Waals surface area contributed by atoms with Crippen molar-refractivity contribution >= 4 is 18.5 Å². The number of aromatic nitrogens is 4. The van der Waals surface area contributed by atoms with Crippen molar-refractivity contribution in [2.45, 2.75) is 42.7 Å². The third kappa shape index (κ3) is 6.08. The van der Waals surface area contributed by atoms with Crippen LogP contribution in [0, 0.1) is 23.7 Å². The van der Waals surface area contributed by atoms with E-state index in [0.29, 0.717) is 5.92 Å². The molecule has 248 valence electrons. The first-order chi connectivity index (χ1) is 23.6. The third-order valence-electron chi connectivity index (χ3n) is 11.4. The molecule has 0 amide bonds. The van der Waals surface area contributed by atoms with Gasteiger partial charge in [-0.15, -0.1) is 42.2 Å². The van der Waals surface area contributed by atoms with Crippen molar-refractivity contribution in [1.82, 2.24) is 19.9 Å². The molecule has 49 heavy (non-hydrogen) atoms. The molecule has 4 aliphatic rings. The Balaban J connectivity index is 0.000000581. The molecule has 2 aromatic heterocycles. The van der Waals surface area contributed by atoms with Crippen molar-refractivity contribution in [2.24, 2.45) is 23.7 Å². The molecule has 0 radical (unpaired) electrons. The van der Waals surface area contributed by atoms with Crippen molar-refractivity contribution in [3.63, 3.8) is 0 Å². The fourth-order valence-corrected chi connectivity index (χ4v) is 11.2.